The van der Waals surface area contributed by atoms with Crippen molar-refractivity contribution < 1.29 is 14.1 Å². The highest BCUT2D eigenvalue weighted by Gasteiger charge is 2.28. The zero-order chi connectivity index (χ0) is 17.4. The Labute approximate surface area is 144 Å². The maximum atomic E-state index is 13.2. The summed E-state index contributed by atoms with van der Waals surface area (Å²) in [6.45, 7) is 5.20. The maximum absolute atomic E-state index is 13.2. The summed E-state index contributed by atoms with van der Waals surface area (Å²) in [4.78, 5) is 23.3. The van der Waals surface area contributed by atoms with E-state index in [2.05, 4.69) is 15.1 Å². The summed E-state index contributed by atoms with van der Waals surface area (Å²) in [7, 11) is 0. The number of aromatic nitrogens is 3. The Morgan fingerprint density at radius 3 is 2.88 bits per heavy atom. The standard InChI is InChI=1S/C18H18N4O3/c1-11-9-14(16-12(2)21-25-17(16)20-11)18(23)22-7-8-24-15(10-22)13-3-5-19-6-4-13/h3-6,9,15H,7-8,10H2,1-2H3. The molecule has 0 bridgehead atoms. The van der Waals surface area contributed by atoms with Gasteiger partial charge in [-0.3, -0.25) is 9.78 Å². The number of fused-ring (bicyclic) bond motifs is 1. The molecule has 0 spiro atoms. The second-order valence-corrected chi connectivity index (χ2v) is 6.15. The van der Waals surface area contributed by atoms with Crippen molar-refractivity contribution in [2.24, 2.45) is 0 Å². The van der Waals surface area contributed by atoms with Gasteiger partial charge in [-0.25, -0.2) is 4.98 Å². The third-order valence-electron chi connectivity index (χ3n) is 4.41. The number of nitrogens with zero attached hydrogens (tertiary/aromatic N) is 4. The summed E-state index contributed by atoms with van der Waals surface area (Å²) in [6, 6.07) is 5.63. The topological polar surface area (TPSA) is 81.4 Å². The van der Waals surface area contributed by atoms with Crippen LogP contribution in [-0.2, 0) is 4.74 Å². The number of ether oxygens (including phenoxy) is 1. The third kappa shape index (κ3) is 2.87. The zero-order valence-corrected chi connectivity index (χ0v) is 14.1. The summed E-state index contributed by atoms with van der Waals surface area (Å²) in [6.07, 6.45) is 3.31. The Bertz CT molecular complexity index is 923. The number of hydrogen-bond donors (Lipinski definition) is 0. The van der Waals surface area contributed by atoms with Crippen LogP contribution in [0.5, 0.6) is 0 Å². The number of pyridine rings is 2. The first-order valence-corrected chi connectivity index (χ1v) is 8.18. The largest absolute Gasteiger partial charge is 0.370 e. The molecular weight excluding hydrogens is 320 g/mol. The normalized spacial score (nSPS) is 17.8. The average molecular weight is 338 g/mol. The van der Waals surface area contributed by atoms with Gasteiger partial charge in [0.25, 0.3) is 11.6 Å². The summed E-state index contributed by atoms with van der Waals surface area (Å²) in [5.74, 6) is -0.0517. The van der Waals surface area contributed by atoms with E-state index in [-0.39, 0.29) is 12.0 Å². The highest BCUT2D eigenvalue weighted by atomic mass is 16.5. The van der Waals surface area contributed by atoms with E-state index in [9.17, 15) is 4.79 Å². The number of carbonyl (C=O) groups excluding carboxylic acids is 1. The highest BCUT2D eigenvalue weighted by molar-refractivity contribution is 6.06. The van der Waals surface area contributed by atoms with Crippen molar-refractivity contribution in [3.8, 4) is 0 Å². The van der Waals surface area contributed by atoms with Crippen molar-refractivity contribution in [1.82, 2.24) is 20.0 Å². The molecule has 3 aromatic heterocycles. The van der Waals surface area contributed by atoms with Gasteiger partial charge in [-0.1, -0.05) is 5.16 Å². The van der Waals surface area contributed by atoms with Crippen molar-refractivity contribution >= 4 is 17.0 Å². The van der Waals surface area contributed by atoms with Crippen molar-refractivity contribution in [2.75, 3.05) is 19.7 Å². The molecule has 25 heavy (non-hydrogen) atoms. The first-order chi connectivity index (χ1) is 12.1. The van der Waals surface area contributed by atoms with Gasteiger partial charge < -0.3 is 14.2 Å². The van der Waals surface area contributed by atoms with E-state index in [1.807, 2.05) is 30.9 Å². The maximum Gasteiger partial charge on any atom is 0.258 e. The first kappa shape index (κ1) is 15.7. The summed E-state index contributed by atoms with van der Waals surface area (Å²) in [5, 5.41) is 4.63. The van der Waals surface area contributed by atoms with Gasteiger partial charge >= 0.3 is 0 Å². The molecule has 1 aliphatic heterocycles. The second kappa shape index (κ2) is 6.25. The molecule has 1 amide bonds. The van der Waals surface area contributed by atoms with E-state index in [0.717, 1.165) is 11.3 Å². The molecule has 0 saturated carbocycles. The van der Waals surface area contributed by atoms with Crippen molar-refractivity contribution in [2.45, 2.75) is 20.0 Å². The van der Waals surface area contributed by atoms with E-state index in [1.54, 1.807) is 18.5 Å². The van der Waals surface area contributed by atoms with Crippen LogP contribution in [0, 0.1) is 13.8 Å². The number of aryl methyl sites for hydroxylation is 2. The Kier molecular flexibility index (Phi) is 3.93. The molecule has 0 N–H and O–H groups in total. The Morgan fingerprint density at radius 1 is 1.28 bits per heavy atom. The average Bonchev–Trinajstić information content (AvgIpc) is 3.02. The van der Waals surface area contributed by atoms with Gasteiger partial charge in [-0.15, -0.1) is 0 Å². The molecule has 1 fully saturated rings. The SMILES string of the molecule is Cc1cc(C(=O)N2CCOC(c3ccncc3)C2)c2c(C)noc2n1. The van der Waals surface area contributed by atoms with Crippen LogP contribution in [-0.4, -0.2) is 45.6 Å². The molecular formula is C18H18N4O3. The fourth-order valence-corrected chi connectivity index (χ4v) is 3.17. The summed E-state index contributed by atoms with van der Waals surface area (Å²) >= 11 is 0. The van der Waals surface area contributed by atoms with Crippen molar-refractivity contribution in [3.05, 3.63) is 53.1 Å². The molecule has 1 saturated heterocycles. The predicted octanol–water partition coefficient (Wildman–Crippen LogP) is 2.45. The Balaban J connectivity index is 1.66. The zero-order valence-electron chi connectivity index (χ0n) is 14.1. The molecule has 7 nitrogen and oxygen atoms in total. The molecule has 0 aliphatic carbocycles. The molecule has 7 heteroatoms. The molecule has 1 unspecified atom stereocenters. The summed E-state index contributed by atoms with van der Waals surface area (Å²) < 4.78 is 11.1. The molecule has 4 heterocycles. The molecule has 128 valence electrons. The number of amides is 1. The van der Waals surface area contributed by atoms with Crippen LogP contribution in [0.1, 0.15) is 33.4 Å². The quantitative estimate of drug-likeness (QED) is 0.714. The lowest BCUT2D eigenvalue weighted by molar-refractivity contribution is -0.0227. The van der Waals surface area contributed by atoms with Crippen LogP contribution >= 0.6 is 0 Å². The van der Waals surface area contributed by atoms with Gasteiger partial charge in [-0.05, 0) is 37.6 Å². The number of morpholine rings is 1. The minimum absolute atomic E-state index is 0.0517. The lowest BCUT2D eigenvalue weighted by Gasteiger charge is -2.33. The molecule has 0 radical (unpaired) electrons. The molecule has 1 atom stereocenters. The Morgan fingerprint density at radius 2 is 2.08 bits per heavy atom. The summed E-state index contributed by atoms with van der Waals surface area (Å²) in [5.41, 5.74) is 3.40. The molecule has 4 rings (SSSR count). The van der Waals surface area contributed by atoms with Gasteiger partial charge in [0.1, 0.15) is 6.10 Å². The lowest BCUT2D eigenvalue weighted by atomic mass is 10.1. The van der Waals surface area contributed by atoms with E-state index in [1.165, 1.54) is 0 Å². The van der Waals surface area contributed by atoms with Crippen LogP contribution in [0.2, 0.25) is 0 Å². The number of rotatable bonds is 2. The van der Waals surface area contributed by atoms with Gasteiger partial charge in [0, 0.05) is 24.6 Å². The van der Waals surface area contributed by atoms with Gasteiger partial charge in [-0.2, -0.15) is 0 Å². The fourth-order valence-electron chi connectivity index (χ4n) is 3.17. The smallest absolute Gasteiger partial charge is 0.258 e. The van der Waals surface area contributed by atoms with Gasteiger partial charge in [0.05, 0.1) is 29.8 Å². The van der Waals surface area contributed by atoms with Crippen LogP contribution in [0.4, 0.5) is 0 Å². The van der Waals surface area contributed by atoms with Crippen LogP contribution < -0.4 is 0 Å². The van der Waals surface area contributed by atoms with Gasteiger partial charge in [0.2, 0.25) is 0 Å². The van der Waals surface area contributed by atoms with E-state index >= 15 is 0 Å². The van der Waals surface area contributed by atoms with E-state index in [0.29, 0.717) is 42.1 Å². The van der Waals surface area contributed by atoms with Crippen LogP contribution in [0.3, 0.4) is 0 Å². The number of carbonyl (C=O) groups is 1. The van der Waals surface area contributed by atoms with E-state index < -0.39 is 0 Å². The van der Waals surface area contributed by atoms with Crippen molar-refractivity contribution in [1.29, 1.82) is 0 Å². The second-order valence-electron chi connectivity index (χ2n) is 6.15. The molecule has 0 aromatic carbocycles. The highest BCUT2D eigenvalue weighted by Crippen LogP contribution is 2.26. The molecule has 3 aromatic rings. The lowest BCUT2D eigenvalue weighted by Crippen LogP contribution is -2.42. The fraction of sp³-hybridized carbons (Fsp3) is 0.333. The first-order valence-electron chi connectivity index (χ1n) is 8.18. The van der Waals surface area contributed by atoms with Crippen molar-refractivity contribution in [3.63, 3.8) is 0 Å². The van der Waals surface area contributed by atoms with Gasteiger partial charge in [0.15, 0.2) is 0 Å². The predicted molar refractivity (Wildman–Crippen MR) is 90.1 cm³/mol. The Hall–Kier alpha value is -2.80. The number of hydrogen-bond acceptors (Lipinski definition) is 6. The monoisotopic (exact) mass is 338 g/mol. The minimum Gasteiger partial charge on any atom is -0.370 e. The minimum atomic E-state index is -0.150. The van der Waals surface area contributed by atoms with E-state index in [4.69, 9.17) is 9.26 Å². The molecule has 1 aliphatic rings. The van der Waals surface area contributed by atoms with Crippen LogP contribution in [0.25, 0.3) is 11.1 Å². The third-order valence-corrected chi connectivity index (χ3v) is 4.41. The van der Waals surface area contributed by atoms with Crippen LogP contribution in [0.15, 0.2) is 35.1 Å².